The summed E-state index contributed by atoms with van der Waals surface area (Å²) >= 11 is 0. The Balaban J connectivity index is 2.74. The van der Waals surface area contributed by atoms with Crippen molar-refractivity contribution >= 4 is 24.0 Å². The normalized spacial score (nSPS) is 20.8. The molecule has 0 spiro atoms. The smallest absolute Gasteiger partial charge is 0.234 e. The Labute approximate surface area is 167 Å². The molecule has 9 nitrogen and oxygen atoms in total. The molecule has 3 amide bonds. The summed E-state index contributed by atoms with van der Waals surface area (Å²) in [6.45, 7) is 4.62. The van der Waals surface area contributed by atoms with Crippen LogP contribution in [0.15, 0.2) is 0 Å². The summed E-state index contributed by atoms with van der Waals surface area (Å²) in [7, 11) is 3.52. The molecule has 28 heavy (non-hydrogen) atoms. The van der Waals surface area contributed by atoms with Gasteiger partial charge < -0.3 is 26.1 Å². The number of carbonyl (C=O) groups excluding carboxylic acids is 4. The van der Waals surface area contributed by atoms with Crippen LogP contribution in [0.5, 0.6) is 0 Å². The van der Waals surface area contributed by atoms with E-state index >= 15 is 0 Å². The number of likely N-dealkylation sites (N-methyl/N-ethyl adjacent to an activating group) is 2. The van der Waals surface area contributed by atoms with Crippen LogP contribution in [0.1, 0.15) is 39.5 Å². The summed E-state index contributed by atoms with van der Waals surface area (Å²) < 4.78 is 0. The van der Waals surface area contributed by atoms with E-state index in [1.54, 1.807) is 11.9 Å². The lowest BCUT2D eigenvalue weighted by molar-refractivity contribution is -0.134. The van der Waals surface area contributed by atoms with Crippen molar-refractivity contribution in [1.82, 2.24) is 20.4 Å². The SMILES string of the molecule is CNCC(=O)NC(C=O)CN(CCC1CCC(C(N)=O)N1C)C(=O)CC(C)C. The summed E-state index contributed by atoms with van der Waals surface area (Å²) in [6, 6.07) is -0.870. The minimum absolute atomic E-state index is 0.0446. The maximum atomic E-state index is 12.7. The first-order valence-corrected chi connectivity index (χ1v) is 9.87. The van der Waals surface area contributed by atoms with E-state index in [9.17, 15) is 19.2 Å². The van der Waals surface area contributed by atoms with Crippen LogP contribution in [-0.4, -0.2) is 85.7 Å². The molecule has 1 saturated heterocycles. The Bertz CT molecular complexity index is 554. The van der Waals surface area contributed by atoms with Crippen LogP contribution in [0, 0.1) is 5.92 Å². The van der Waals surface area contributed by atoms with E-state index in [-0.39, 0.29) is 48.8 Å². The highest BCUT2D eigenvalue weighted by Crippen LogP contribution is 2.24. The molecule has 1 heterocycles. The zero-order valence-electron chi connectivity index (χ0n) is 17.4. The third kappa shape index (κ3) is 7.55. The number of likely N-dealkylation sites (tertiary alicyclic amines) is 1. The molecular weight excluding hydrogens is 362 g/mol. The molecule has 1 fully saturated rings. The molecule has 3 atom stereocenters. The number of hydrogen-bond donors (Lipinski definition) is 3. The molecule has 0 bridgehead atoms. The van der Waals surface area contributed by atoms with Gasteiger partial charge in [0, 0.05) is 25.6 Å². The first kappa shape index (κ1) is 24.0. The van der Waals surface area contributed by atoms with E-state index in [1.165, 1.54) is 0 Å². The van der Waals surface area contributed by atoms with Crippen LogP contribution < -0.4 is 16.4 Å². The lowest BCUT2D eigenvalue weighted by Crippen LogP contribution is -2.49. The summed E-state index contributed by atoms with van der Waals surface area (Å²) in [4.78, 5) is 51.0. The molecule has 1 aliphatic heterocycles. The van der Waals surface area contributed by atoms with Crippen molar-refractivity contribution in [2.75, 3.05) is 33.7 Å². The van der Waals surface area contributed by atoms with E-state index in [0.717, 1.165) is 6.42 Å². The van der Waals surface area contributed by atoms with Crippen molar-refractivity contribution in [2.45, 2.75) is 57.7 Å². The van der Waals surface area contributed by atoms with Gasteiger partial charge in [0.05, 0.1) is 12.6 Å². The maximum Gasteiger partial charge on any atom is 0.234 e. The van der Waals surface area contributed by atoms with Gasteiger partial charge in [-0.25, -0.2) is 0 Å². The predicted octanol–water partition coefficient (Wildman–Crippen LogP) is -0.898. The third-order valence-electron chi connectivity index (χ3n) is 5.10. The van der Waals surface area contributed by atoms with Crippen LogP contribution in [0.2, 0.25) is 0 Å². The number of nitrogens with one attached hydrogen (secondary N) is 2. The Kier molecular flexibility index (Phi) is 10.1. The lowest BCUT2D eigenvalue weighted by atomic mass is 10.1. The van der Waals surface area contributed by atoms with Gasteiger partial charge >= 0.3 is 0 Å². The van der Waals surface area contributed by atoms with Gasteiger partial charge in [-0.3, -0.25) is 19.3 Å². The fraction of sp³-hybridized carbons (Fsp3) is 0.789. The van der Waals surface area contributed by atoms with E-state index in [1.807, 2.05) is 25.8 Å². The van der Waals surface area contributed by atoms with E-state index in [4.69, 9.17) is 5.73 Å². The van der Waals surface area contributed by atoms with Crippen LogP contribution in [0.4, 0.5) is 0 Å². The summed E-state index contributed by atoms with van der Waals surface area (Å²) in [5.74, 6) is -0.476. The van der Waals surface area contributed by atoms with Crippen LogP contribution >= 0.6 is 0 Å². The molecule has 1 aliphatic rings. The number of carbonyl (C=O) groups is 4. The number of primary amides is 1. The maximum absolute atomic E-state index is 12.7. The minimum atomic E-state index is -0.753. The van der Waals surface area contributed by atoms with Crippen molar-refractivity contribution in [3.05, 3.63) is 0 Å². The van der Waals surface area contributed by atoms with Crippen molar-refractivity contribution in [2.24, 2.45) is 11.7 Å². The topological polar surface area (TPSA) is 125 Å². The number of nitrogens with two attached hydrogens (primary N) is 1. The zero-order valence-corrected chi connectivity index (χ0v) is 17.4. The second kappa shape index (κ2) is 11.8. The Hall–Kier alpha value is -2.00. The number of nitrogens with zero attached hydrogens (tertiary/aromatic N) is 2. The molecule has 4 N–H and O–H groups in total. The molecule has 0 aromatic rings. The highest BCUT2D eigenvalue weighted by Gasteiger charge is 2.34. The van der Waals surface area contributed by atoms with E-state index in [0.29, 0.717) is 32.1 Å². The minimum Gasteiger partial charge on any atom is -0.368 e. The number of hydrogen-bond acceptors (Lipinski definition) is 6. The van der Waals surface area contributed by atoms with Gasteiger partial charge in [0.15, 0.2) is 0 Å². The monoisotopic (exact) mass is 397 g/mol. The largest absolute Gasteiger partial charge is 0.368 e. The van der Waals surface area contributed by atoms with Crippen molar-refractivity contribution in [3.63, 3.8) is 0 Å². The number of rotatable bonds is 12. The molecule has 0 saturated carbocycles. The molecule has 0 aliphatic carbocycles. The lowest BCUT2D eigenvalue weighted by Gasteiger charge is -2.30. The van der Waals surface area contributed by atoms with Crippen LogP contribution in [0.3, 0.4) is 0 Å². The van der Waals surface area contributed by atoms with Crippen LogP contribution in [0.25, 0.3) is 0 Å². The molecule has 9 heteroatoms. The highest BCUT2D eigenvalue weighted by molar-refractivity contribution is 5.82. The Morgan fingerprint density at radius 2 is 1.96 bits per heavy atom. The van der Waals surface area contributed by atoms with Gasteiger partial charge in [-0.1, -0.05) is 13.8 Å². The zero-order chi connectivity index (χ0) is 21.3. The molecule has 0 aromatic carbocycles. The summed E-state index contributed by atoms with van der Waals surface area (Å²) in [5, 5.41) is 5.36. The number of amides is 3. The quantitative estimate of drug-likeness (QED) is 0.367. The molecule has 160 valence electrons. The van der Waals surface area contributed by atoms with E-state index in [2.05, 4.69) is 10.6 Å². The van der Waals surface area contributed by atoms with Gasteiger partial charge in [0.1, 0.15) is 12.3 Å². The van der Waals surface area contributed by atoms with Gasteiger partial charge in [0.2, 0.25) is 17.7 Å². The van der Waals surface area contributed by atoms with Gasteiger partial charge in [-0.15, -0.1) is 0 Å². The molecule has 3 unspecified atom stereocenters. The van der Waals surface area contributed by atoms with Crippen molar-refractivity contribution in [3.8, 4) is 0 Å². The predicted molar refractivity (Wildman–Crippen MR) is 106 cm³/mol. The van der Waals surface area contributed by atoms with Gasteiger partial charge in [0.25, 0.3) is 0 Å². The first-order chi connectivity index (χ1) is 13.2. The second-order valence-electron chi connectivity index (χ2n) is 7.88. The van der Waals surface area contributed by atoms with Crippen LogP contribution in [-0.2, 0) is 19.2 Å². The Morgan fingerprint density at radius 3 is 2.46 bits per heavy atom. The van der Waals surface area contributed by atoms with E-state index < -0.39 is 6.04 Å². The average molecular weight is 398 g/mol. The molecular formula is C19H35N5O4. The molecule has 0 aromatic heterocycles. The number of aldehydes is 1. The second-order valence-corrected chi connectivity index (χ2v) is 7.88. The standard InChI is InChI=1S/C19H35N5O4/c1-13(2)9-18(27)24(11-14(12-25)22-17(26)10-21-3)8-7-15-5-6-16(19(20)28)23(15)4/h12-16,21H,5-11H2,1-4H3,(H2,20,28)(H,22,26). The highest BCUT2D eigenvalue weighted by atomic mass is 16.2. The summed E-state index contributed by atoms with van der Waals surface area (Å²) in [5.41, 5.74) is 5.43. The fourth-order valence-electron chi connectivity index (χ4n) is 3.58. The average Bonchev–Trinajstić information content (AvgIpc) is 2.97. The van der Waals surface area contributed by atoms with Gasteiger partial charge in [-0.05, 0) is 39.3 Å². The third-order valence-corrected chi connectivity index (χ3v) is 5.10. The summed E-state index contributed by atoms with van der Waals surface area (Å²) in [6.07, 6.45) is 3.27. The molecule has 1 rings (SSSR count). The van der Waals surface area contributed by atoms with Crippen molar-refractivity contribution < 1.29 is 19.2 Å². The fourth-order valence-corrected chi connectivity index (χ4v) is 3.58. The first-order valence-electron chi connectivity index (χ1n) is 9.87. The molecule has 0 radical (unpaired) electrons. The van der Waals surface area contributed by atoms with Gasteiger partial charge in [-0.2, -0.15) is 0 Å². The van der Waals surface area contributed by atoms with Crippen molar-refractivity contribution in [1.29, 1.82) is 0 Å². The Morgan fingerprint density at radius 1 is 1.29 bits per heavy atom.